The van der Waals surface area contributed by atoms with Crippen LogP contribution >= 0.6 is 0 Å². The minimum Gasteiger partial charge on any atom is -0.494 e. The topological polar surface area (TPSA) is 831 Å². The minimum absolute atomic E-state index is 0.0457. The summed E-state index contributed by atoms with van der Waals surface area (Å²) in [6.45, 7) is 11.1. The number of para-hydroxylation sites is 1. The maximum Gasteiger partial charge on any atom is 0.328 e. The molecule has 0 atom stereocenters. The number of aromatic amines is 14. The molecule has 0 saturated heterocycles. The van der Waals surface area contributed by atoms with Gasteiger partial charge in [-0.1, -0.05) is 73.3 Å². The molecule has 5 amide bonds. The number of dihydropyridines is 2. The Hall–Kier alpha value is -20.4. The molecule has 0 unspecified atom stereocenters. The van der Waals surface area contributed by atoms with Crippen LogP contribution in [-0.2, 0) is 19.9 Å². The second-order valence-corrected chi connectivity index (χ2v) is 27.4. The molecule has 134 heavy (non-hydrogen) atoms. The molecule has 52 heteroatoms. The summed E-state index contributed by atoms with van der Waals surface area (Å²) in [5, 5.41) is 83.9. The van der Waals surface area contributed by atoms with E-state index in [1.807, 2.05) is 97.8 Å². The number of anilines is 3. The van der Waals surface area contributed by atoms with Crippen LogP contribution in [0.25, 0.3) is 22.6 Å². The summed E-state index contributed by atoms with van der Waals surface area (Å²) >= 11 is 0. The highest BCUT2D eigenvalue weighted by molar-refractivity contribution is 6.07. The summed E-state index contributed by atoms with van der Waals surface area (Å²) in [4.78, 5) is 263. The van der Waals surface area contributed by atoms with Gasteiger partial charge in [-0.3, -0.25) is 137 Å². The summed E-state index contributed by atoms with van der Waals surface area (Å²) in [6, 6.07) is 29.0. The number of fused-ring (bicyclic) bond motifs is 2. The van der Waals surface area contributed by atoms with Gasteiger partial charge in [-0.05, 0) is 85.7 Å². The molecule has 686 valence electrons. The van der Waals surface area contributed by atoms with E-state index < -0.39 is 177 Å². The van der Waals surface area contributed by atoms with E-state index in [1.165, 1.54) is 12.3 Å². The number of carbonyl (C=O) groups is 6. The first-order valence-corrected chi connectivity index (χ1v) is 37.8. The quantitative estimate of drug-likeness (QED) is 0.0438. The zero-order valence-electron chi connectivity index (χ0n) is 68.9. The zero-order valence-corrected chi connectivity index (χ0v) is 68.9. The lowest BCUT2D eigenvalue weighted by molar-refractivity contribution is -0.671. The summed E-state index contributed by atoms with van der Waals surface area (Å²) < 4.78 is 7.19. The number of aliphatic imine (C=N–C) groups is 1. The fourth-order valence-corrected chi connectivity index (χ4v) is 11.3. The average molecular weight is 1840 g/mol. The van der Waals surface area contributed by atoms with E-state index in [-0.39, 0.29) is 29.2 Å². The lowest BCUT2D eigenvalue weighted by atomic mass is 10.0. The van der Waals surface area contributed by atoms with Gasteiger partial charge in [-0.2, -0.15) is 0 Å². The molecule has 0 radical (unpaired) electrons. The maximum absolute atomic E-state index is 12.0. The van der Waals surface area contributed by atoms with Crippen LogP contribution in [0.5, 0.6) is 41.2 Å². The van der Waals surface area contributed by atoms with Crippen molar-refractivity contribution in [3.05, 3.63) is 390 Å². The fourth-order valence-electron chi connectivity index (χ4n) is 11.3. The van der Waals surface area contributed by atoms with Crippen molar-refractivity contribution in [3.63, 3.8) is 0 Å². The molecule has 13 aromatic rings. The molecule has 0 spiro atoms. The third kappa shape index (κ3) is 25.4. The molecule has 9 aromatic heterocycles. The Morgan fingerprint density at radius 2 is 0.843 bits per heavy atom. The average Bonchev–Trinajstić information content (AvgIpc) is 1.64. The van der Waals surface area contributed by atoms with Crippen molar-refractivity contribution < 1.29 is 73.5 Å². The number of pyridine rings is 1. The van der Waals surface area contributed by atoms with Gasteiger partial charge in [-0.15, -0.1) is 0 Å². The number of rotatable bonds is 14. The van der Waals surface area contributed by atoms with Crippen molar-refractivity contribution in [2.75, 3.05) is 16.0 Å². The molecule has 3 aliphatic heterocycles. The van der Waals surface area contributed by atoms with Gasteiger partial charge >= 0.3 is 39.8 Å². The van der Waals surface area contributed by atoms with Crippen LogP contribution in [0.4, 0.5) is 22.7 Å². The van der Waals surface area contributed by atoms with Crippen molar-refractivity contribution in [1.82, 2.24) is 96.0 Å². The van der Waals surface area contributed by atoms with Gasteiger partial charge in [0.25, 0.3) is 68.5 Å². The fraction of sp³-hybridized carbons (Fsp3) is 0.0610. The van der Waals surface area contributed by atoms with Gasteiger partial charge in [0, 0.05) is 77.6 Å². The third-order valence-corrected chi connectivity index (χ3v) is 17.6. The predicted molar refractivity (Wildman–Crippen MR) is 473 cm³/mol. The van der Waals surface area contributed by atoms with Crippen LogP contribution in [0.15, 0.2) is 265 Å². The molecule has 12 heterocycles. The number of aromatic hydroxyl groups is 7. The maximum atomic E-state index is 12.0. The number of hydrogen-bond acceptors (Lipinski definition) is 32. The van der Waals surface area contributed by atoms with Crippen LogP contribution in [0.3, 0.4) is 0 Å². The van der Waals surface area contributed by atoms with E-state index in [0.29, 0.717) is 56.5 Å². The van der Waals surface area contributed by atoms with Crippen LogP contribution in [-0.4, -0.2) is 152 Å². The first kappa shape index (κ1) is 95.8. The minimum atomic E-state index is -0.976. The number of H-pyrrole nitrogens is 14. The Balaban J connectivity index is 0.000000162. The highest BCUT2D eigenvalue weighted by Crippen LogP contribution is 2.29. The molecular formula is C82H71N24O28+. The number of nitrogens with zero attached hydrogens (tertiary/aromatic N) is 3. The molecule has 28 N–H and O–H groups in total. The Bertz CT molecular complexity index is 7960. The Labute approximate surface area is 738 Å². The standard InChI is InChI=1S/C13H10N4O4.C13H12N2O4.C12H9N3O4.3C11H10N4O4.C11H9N3O4/c18-10(9-11(19)16-13(21)17-12(9)20)15-7-2-1-6-3-4-14-8(6)5-7;1-7-2-4-8(5-3-7)10(16)6-9-11(17)14-13(19)15-12(9)18;1-5-2-3-6-7(4-5)19-11(13-6)8-9(16)14-12(18)15-10(8)17;1-15-4-2-6(3-5-15)12-8(16)7-9(17)13-11(19)14-10(7)18;1-5-4-6(2-3-12-5)13-8(16)7-9(17)14-11(19)15-10(7)18;1-5-2-3-6(4-12-5)13-8(16)7-9(17)14-11(19)15-10(7)18;15-8(12-6-4-2-1-3-5-6)7-9(16)13-11(18)14-10(7)17/h1-2,4-5H,3H2,(H,15,18)(H3,16,17,19,20,21);2-5H,6H2,1H3,(H3,14,15,17,18,19);2-4H,1H3,(H3,14,15,16,17,18);2-5H,1H3,(H3,13,14,16,17,18,19);2*2-4,12H,1H2,(H,13,16)(H3,14,15,17,18,19);1-5H,(H,12,15)(H3,13,14,16,17,18)/p+1. The molecule has 0 aliphatic carbocycles. The lowest BCUT2D eigenvalue weighted by Gasteiger charge is -2.11. The normalized spacial score (nSPS) is 11.6. The van der Waals surface area contributed by atoms with E-state index in [4.69, 9.17) is 4.42 Å². The van der Waals surface area contributed by atoms with Crippen molar-refractivity contribution >= 4 is 75.4 Å². The summed E-state index contributed by atoms with van der Waals surface area (Å²) in [5.41, 5.74) is -6.95. The van der Waals surface area contributed by atoms with Gasteiger partial charge in [0.05, 0.1) is 22.6 Å². The third-order valence-electron chi connectivity index (χ3n) is 17.6. The highest BCUT2D eigenvalue weighted by atomic mass is 16.4. The predicted octanol–water partition coefficient (Wildman–Crippen LogP) is -1.44. The smallest absolute Gasteiger partial charge is 0.328 e. The number of benzene rings is 4. The molecule has 4 aromatic carbocycles. The monoisotopic (exact) mass is 1840 g/mol. The van der Waals surface area contributed by atoms with Crippen molar-refractivity contribution in [1.29, 1.82) is 0 Å². The number of aromatic nitrogens is 16. The van der Waals surface area contributed by atoms with Crippen LogP contribution in [0, 0.1) is 13.8 Å². The van der Waals surface area contributed by atoms with E-state index in [1.54, 1.807) is 139 Å². The van der Waals surface area contributed by atoms with E-state index in [9.17, 15) is 132 Å². The zero-order chi connectivity index (χ0) is 97.6. The SMILES string of the molecule is C=C1C=C(NC(=O)c2c(O)[nH]c(=O)[nH]c2=O)C=CN1.C=C1C=CC(NC(=O)c2c(O)[nH]c(=O)[nH]c2=O)=CN1.C[n+]1ccc(NC(=O)c2c(O)[nH]c(=O)[nH]c2=O)cc1.Cc1ccc(C(=O)Cc2c(O)[nH]c(=O)[nH]c2=O)cc1.Cc1ccc2nc(-c3c(O)[nH]c(=O)[nH]c3=O)oc2c1.O=C(Nc1ccc2c(c1)N=CC2)c1c(O)[nH]c(=O)[nH]c1=O.O=C(Nc1ccccc1)c1c(O)[nH]c(=O)[nH]c1=O. The number of Topliss-reactive ketones (excluding diaryl/α,β-unsaturated/α-hetero) is 1. The Morgan fingerprint density at radius 3 is 1.29 bits per heavy atom. The molecule has 0 fully saturated rings. The number of oxazole rings is 1. The van der Waals surface area contributed by atoms with E-state index in [0.717, 1.165) is 28.8 Å². The highest BCUT2D eigenvalue weighted by Gasteiger charge is 2.25. The number of carbonyl (C=O) groups excluding carboxylic acids is 6. The Morgan fingerprint density at radius 1 is 0.418 bits per heavy atom. The molecule has 0 bridgehead atoms. The van der Waals surface area contributed by atoms with Gasteiger partial charge in [0.2, 0.25) is 47.1 Å². The number of allylic oxidation sites excluding steroid dienone is 4. The second kappa shape index (κ2) is 42.5. The van der Waals surface area contributed by atoms with Crippen molar-refractivity contribution in [2.45, 2.75) is 26.7 Å². The molecule has 0 saturated carbocycles. The first-order chi connectivity index (χ1) is 63.5. The first-order valence-electron chi connectivity index (χ1n) is 37.8. The van der Waals surface area contributed by atoms with E-state index >= 15 is 0 Å². The molecular weight excluding hydrogens is 1770 g/mol. The van der Waals surface area contributed by atoms with Gasteiger partial charge in [0.1, 0.15) is 12.6 Å². The second-order valence-electron chi connectivity index (χ2n) is 27.4. The number of hydrogen-bond donors (Lipinski definition) is 28. The number of ketones is 1. The largest absolute Gasteiger partial charge is 0.494 e. The van der Waals surface area contributed by atoms with Crippen LogP contribution in [0.1, 0.15) is 84.4 Å². The van der Waals surface area contributed by atoms with Gasteiger partial charge in [-0.25, -0.2) is 43.1 Å². The summed E-state index contributed by atoms with van der Waals surface area (Å²) in [5.74, 6) is -9.54. The van der Waals surface area contributed by atoms with Gasteiger partial charge in [0.15, 0.2) is 57.1 Å². The lowest BCUT2D eigenvalue weighted by Crippen LogP contribution is -2.33. The van der Waals surface area contributed by atoms with Crippen LogP contribution in [0.2, 0.25) is 0 Å². The van der Waals surface area contributed by atoms with Crippen molar-refractivity contribution in [2.24, 2.45) is 12.0 Å². The number of nitrogens with one attached hydrogen (secondary N) is 21. The number of aryl methyl sites for hydroxylation is 3. The van der Waals surface area contributed by atoms with Crippen molar-refractivity contribution in [3.8, 4) is 52.6 Å². The Kier molecular flexibility index (Phi) is 30.4. The molecule has 16 rings (SSSR count). The van der Waals surface area contributed by atoms with Crippen LogP contribution < -0.4 is 121 Å². The molecule has 3 aliphatic rings. The number of amides is 5. The van der Waals surface area contributed by atoms with Gasteiger partial charge < -0.3 is 77.4 Å². The summed E-state index contributed by atoms with van der Waals surface area (Å²) in [6.07, 6.45) is 14.9. The molecule has 52 nitrogen and oxygen atoms in total. The van der Waals surface area contributed by atoms with E-state index in [2.05, 4.69) is 65.3 Å². The summed E-state index contributed by atoms with van der Waals surface area (Å²) in [7, 11) is 1.81.